The zero-order chi connectivity index (χ0) is 15.7. The first kappa shape index (κ1) is 14.9. The Kier molecular flexibility index (Phi) is 3.15. The summed E-state index contributed by atoms with van der Waals surface area (Å²) in [5.41, 5.74) is -0.304. The van der Waals surface area contributed by atoms with Gasteiger partial charge in [0, 0.05) is 24.2 Å². The zero-order valence-electron chi connectivity index (χ0n) is 13.8. The van der Waals surface area contributed by atoms with Crippen LogP contribution in [0, 0.1) is 34.5 Å². The SMILES string of the molecule is C[C@]12CC(=O)C3C(CC[C@@H]4C[C@@H](O)CC[C@]34C)C1CCC2=O. The monoisotopic (exact) mass is 304 g/mol. The third-order valence-corrected chi connectivity index (χ3v) is 8.04. The summed E-state index contributed by atoms with van der Waals surface area (Å²) >= 11 is 0. The molecule has 0 bridgehead atoms. The molecule has 0 aliphatic heterocycles. The van der Waals surface area contributed by atoms with Crippen molar-refractivity contribution >= 4 is 11.6 Å². The van der Waals surface area contributed by atoms with E-state index < -0.39 is 0 Å². The maximum absolute atomic E-state index is 13.0. The van der Waals surface area contributed by atoms with Gasteiger partial charge in [0.15, 0.2) is 0 Å². The fourth-order valence-corrected chi connectivity index (χ4v) is 6.83. The van der Waals surface area contributed by atoms with Crippen molar-refractivity contribution in [1.29, 1.82) is 0 Å². The second-order valence-electron chi connectivity index (χ2n) is 8.98. The van der Waals surface area contributed by atoms with Crippen molar-refractivity contribution in [3.05, 3.63) is 0 Å². The van der Waals surface area contributed by atoms with Gasteiger partial charge >= 0.3 is 0 Å². The molecule has 0 aromatic heterocycles. The Morgan fingerprint density at radius 1 is 1.09 bits per heavy atom. The Hall–Kier alpha value is -0.700. The Morgan fingerprint density at radius 2 is 1.86 bits per heavy atom. The highest BCUT2D eigenvalue weighted by molar-refractivity contribution is 5.95. The van der Waals surface area contributed by atoms with Gasteiger partial charge in [-0.2, -0.15) is 0 Å². The number of hydrogen-bond acceptors (Lipinski definition) is 3. The van der Waals surface area contributed by atoms with Crippen LogP contribution >= 0.6 is 0 Å². The second kappa shape index (κ2) is 4.66. The highest BCUT2D eigenvalue weighted by atomic mass is 16.3. The van der Waals surface area contributed by atoms with Gasteiger partial charge in [0.2, 0.25) is 0 Å². The van der Waals surface area contributed by atoms with Gasteiger partial charge < -0.3 is 5.11 Å². The van der Waals surface area contributed by atoms with Gasteiger partial charge in [-0.15, -0.1) is 0 Å². The van der Waals surface area contributed by atoms with Gasteiger partial charge in [-0.1, -0.05) is 13.8 Å². The van der Waals surface area contributed by atoms with Crippen molar-refractivity contribution in [1.82, 2.24) is 0 Å². The van der Waals surface area contributed by atoms with Gasteiger partial charge in [-0.05, 0) is 61.7 Å². The summed E-state index contributed by atoms with van der Waals surface area (Å²) in [7, 11) is 0. The number of hydrogen-bond donors (Lipinski definition) is 1. The Bertz CT molecular complexity index is 527. The van der Waals surface area contributed by atoms with Crippen LogP contribution in [-0.4, -0.2) is 22.8 Å². The maximum Gasteiger partial charge on any atom is 0.139 e. The predicted molar refractivity (Wildman–Crippen MR) is 83.1 cm³/mol. The smallest absolute Gasteiger partial charge is 0.139 e. The lowest BCUT2D eigenvalue weighted by Crippen LogP contribution is -2.57. The van der Waals surface area contributed by atoms with E-state index in [0.29, 0.717) is 42.2 Å². The molecule has 4 fully saturated rings. The van der Waals surface area contributed by atoms with Crippen molar-refractivity contribution in [3.8, 4) is 0 Å². The molecule has 0 heterocycles. The Labute approximate surface area is 132 Å². The molecule has 4 aliphatic rings. The molecule has 0 amide bonds. The van der Waals surface area contributed by atoms with Crippen LogP contribution < -0.4 is 0 Å². The fourth-order valence-electron chi connectivity index (χ4n) is 6.83. The molecule has 3 nitrogen and oxygen atoms in total. The number of ketones is 2. The van der Waals surface area contributed by atoms with Crippen molar-refractivity contribution < 1.29 is 14.7 Å². The Morgan fingerprint density at radius 3 is 2.64 bits per heavy atom. The first-order valence-corrected chi connectivity index (χ1v) is 9.10. The van der Waals surface area contributed by atoms with Crippen LogP contribution in [0.4, 0.5) is 0 Å². The summed E-state index contributed by atoms with van der Waals surface area (Å²) in [5.74, 6) is 2.14. The molecule has 22 heavy (non-hydrogen) atoms. The van der Waals surface area contributed by atoms with Crippen LogP contribution in [-0.2, 0) is 9.59 Å². The molecule has 4 saturated carbocycles. The van der Waals surface area contributed by atoms with Crippen molar-refractivity contribution in [3.63, 3.8) is 0 Å². The Balaban J connectivity index is 1.71. The van der Waals surface area contributed by atoms with E-state index in [-0.39, 0.29) is 22.9 Å². The van der Waals surface area contributed by atoms with E-state index >= 15 is 0 Å². The number of aliphatic hydroxyl groups is 1. The number of rotatable bonds is 0. The molecule has 4 rings (SSSR count). The highest BCUT2D eigenvalue weighted by Crippen LogP contribution is 2.64. The first-order valence-electron chi connectivity index (χ1n) is 9.10. The summed E-state index contributed by atoms with van der Waals surface area (Å²) < 4.78 is 0. The van der Waals surface area contributed by atoms with Gasteiger partial charge in [0.1, 0.15) is 11.6 Å². The molecule has 3 heteroatoms. The fraction of sp³-hybridized carbons (Fsp3) is 0.895. The van der Waals surface area contributed by atoms with E-state index in [1.807, 2.05) is 0 Å². The maximum atomic E-state index is 13.0. The highest BCUT2D eigenvalue weighted by Gasteiger charge is 2.63. The standard InChI is InChI=1S/C19H28O3/c1-18-8-7-12(20)9-11(18)3-4-13-14-5-6-16(22)19(14,2)10-15(21)17(13)18/h11-14,17,20H,3-10H2,1-2H3/t11-,12+,13?,14?,17?,18+,19+/m1/s1. The first-order chi connectivity index (χ1) is 10.4. The zero-order valence-corrected chi connectivity index (χ0v) is 13.8. The minimum Gasteiger partial charge on any atom is -0.393 e. The summed E-state index contributed by atoms with van der Waals surface area (Å²) in [6, 6.07) is 0. The normalized spacial score (nSPS) is 54.6. The summed E-state index contributed by atoms with van der Waals surface area (Å²) in [6.45, 7) is 4.36. The van der Waals surface area contributed by atoms with Crippen molar-refractivity contribution in [2.45, 2.75) is 71.3 Å². The minimum absolute atomic E-state index is 0.0617. The van der Waals surface area contributed by atoms with Crippen LogP contribution in [0.25, 0.3) is 0 Å². The van der Waals surface area contributed by atoms with E-state index in [1.165, 1.54) is 0 Å². The molecular formula is C19H28O3. The number of Topliss-reactive ketones (excluding diaryl/α,β-unsaturated/α-hetero) is 2. The average molecular weight is 304 g/mol. The molecule has 3 unspecified atom stereocenters. The number of aliphatic hydroxyl groups excluding tert-OH is 1. The molecule has 1 N–H and O–H groups in total. The predicted octanol–water partition coefficient (Wildman–Crippen LogP) is 3.14. The molecule has 7 atom stereocenters. The number of fused-ring (bicyclic) bond motifs is 5. The van der Waals surface area contributed by atoms with Crippen LogP contribution in [0.1, 0.15) is 65.2 Å². The van der Waals surface area contributed by atoms with Crippen LogP contribution in [0.15, 0.2) is 0 Å². The van der Waals surface area contributed by atoms with Gasteiger partial charge in [0.25, 0.3) is 0 Å². The third kappa shape index (κ3) is 1.78. The molecule has 0 aromatic rings. The van der Waals surface area contributed by atoms with Gasteiger partial charge in [-0.3, -0.25) is 9.59 Å². The summed E-state index contributed by atoms with van der Waals surface area (Å²) in [5, 5.41) is 10.0. The average Bonchev–Trinajstić information content (AvgIpc) is 2.75. The van der Waals surface area contributed by atoms with E-state index in [4.69, 9.17) is 0 Å². The number of carbonyl (C=O) groups excluding carboxylic acids is 2. The third-order valence-electron chi connectivity index (χ3n) is 8.04. The molecule has 4 aliphatic carbocycles. The van der Waals surface area contributed by atoms with E-state index in [1.54, 1.807) is 0 Å². The lowest BCUT2D eigenvalue weighted by molar-refractivity contribution is -0.162. The summed E-state index contributed by atoms with van der Waals surface area (Å²) in [4.78, 5) is 25.4. The van der Waals surface area contributed by atoms with Crippen LogP contribution in [0.3, 0.4) is 0 Å². The van der Waals surface area contributed by atoms with Crippen LogP contribution in [0.5, 0.6) is 0 Å². The molecule has 0 radical (unpaired) electrons. The van der Waals surface area contributed by atoms with Gasteiger partial charge in [0.05, 0.1) is 6.10 Å². The van der Waals surface area contributed by atoms with Crippen molar-refractivity contribution in [2.24, 2.45) is 34.5 Å². The lowest BCUT2D eigenvalue weighted by atomic mass is 9.45. The topological polar surface area (TPSA) is 54.4 Å². The summed E-state index contributed by atoms with van der Waals surface area (Å²) in [6.07, 6.45) is 6.86. The van der Waals surface area contributed by atoms with Crippen LogP contribution in [0.2, 0.25) is 0 Å². The molecular weight excluding hydrogens is 276 g/mol. The lowest BCUT2D eigenvalue weighted by Gasteiger charge is -2.58. The van der Waals surface area contributed by atoms with E-state index in [2.05, 4.69) is 13.8 Å². The molecule has 0 spiro atoms. The van der Waals surface area contributed by atoms with E-state index in [0.717, 1.165) is 38.5 Å². The minimum atomic E-state index is -0.365. The largest absolute Gasteiger partial charge is 0.393 e. The van der Waals surface area contributed by atoms with Gasteiger partial charge in [-0.25, -0.2) is 0 Å². The van der Waals surface area contributed by atoms with Crippen molar-refractivity contribution in [2.75, 3.05) is 0 Å². The second-order valence-corrected chi connectivity index (χ2v) is 8.98. The molecule has 122 valence electrons. The quantitative estimate of drug-likeness (QED) is 0.748. The molecule has 0 aromatic carbocycles. The number of carbonyl (C=O) groups is 2. The van der Waals surface area contributed by atoms with E-state index in [9.17, 15) is 14.7 Å². The molecule has 0 saturated heterocycles.